The topological polar surface area (TPSA) is 98.1 Å². The number of fused-ring (bicyclic) bond motifs is 1. The van der Waals surface area contributed by atoms with Crippen LogP contribution in [0.25, 0.3) is 16.7 Å². The summed E-state index contributed by atoms with van der Waals surface area (Å²) in [4.78, 5) is 35.6. The minimum Gasteiger partial charge on any atom is -0.495 e. The van der Waals surface area contributed by atoms with Crippen molar-refractivity contribution < 1.29 is 23.5 Å². The number of aromatic nitrogens is 2. The summed E-state index contributed by atoms with van der Waals surface area (Å²) in [5.74, 6) is 0.0648. The van der Waals surface area contributed by atoms with Gasteiger partial charge in [0.05, 0.1) is 40.8 Å². The number of nitrogens with zero attached hydrogens (tertiary/aromatic N) is 4. The minimum absolute atomic E-state index is 0.0269. The van der Waals surface area contributed by atoms with E-state index in [1.807, 2.05) is 0 Å². The van der Waals surface area contributed by atoms with Gasteiger partial charge in [-0.1, -0.05) is 23.7 Å². The number of amides is 2. The molecule has 9 nitrogen and oxygen atoms in total. The molecule has 4 rings (SSSR count). The third-order valence-corrected chi connectivity index (χ3v) is 6.34. The first-order valence-corrected chi connectivity index (χ1v) is 12.0. The van der Waals surface area contributed by atoms with Gasteiger partial charge in [-0.3, -0.25) is 19.6 Å². The number of nitrogens with one attached hydrogen (secondary N) is 1. The molecular formula is C26H29ClFN5O4. The number of hydrogen-bond acceptors (Lipinski definition) is 6. The maximum atomic E-state index is 16.2. The van der Waals surface area contributed by atoms with E-state index in [1.54, 1.807) is 69.5 Å². The maximum Gasteiger partial charge on any atom is 0.414 e. The van der Waals surface area contributed by atoms with E-state index in [2.05, 4.69) is 15.3 Å². The Hall–Kier alpha value is -3.66. The molecule has 2 heterocycles. The Kier molecular flexibility index (Phi) is 6.66. The van der Waals surface area contributed by atoms with Gasteiger partial charge in [-0.2, -0.15) is 0 Å². The number of guanidine groups is 1. The van der Waals surface area contributed by atoms with Crippen LogP contribution in [0.1, 0.15) is 45.5 Å². The van der Waals surface area contributed by atoms with Crippen LogP contribution >= 0.6 is 11.6 Å². The van der Waals surface area contributed by atoms with Crippen molar-refractivity contribution in [2.45, 2.75) is 52.2 Å². The van der Waals surface area contributed by atoms with Crippen LogP contribution in [0.15, 0.2) is 35.3 Å². The predicted molar refractivity (Wildman–Crippen MR) is 139 cm³/mol. The SMILES string of the molecule is COc1cc2nc(C)n(-c3cccc([C@]4(C)CC(=O)N(C)C(NC(=O)OC(C)(C)C)=N4)c3F)c2cc1Cl. The van der Waals surface area contributed by atoms with Crippen molar-refractivity contribution in [1.29, 1.82) is 0 Å². The first-order valence-electron chi connectivity index (χ1n) is 11.6. The molecule has 0 bridgehead atoms. The number of imidazole rings is 1. The van der Waals surface area contributed by atoms with E-state index in [4.69, 9.17) is 21.1 Å². The Morgan fingerprint density at radius 1 is 1.27 bits per heavy atom. The highest BCUT2D eigenvalue weighted by Crippen LogP contribution is 2.38. The molecule has 3 aromatic rings. The first kappa shape index (κ1) is 26.4. The van der Waals surface area contributed by atoms with Gasteiger partial charge in [-0.25, -0.2) is 19.2 Å². The highest BCUT2D eigenvalue weighted by atomic mass is 35.5. The van der Waals surface area contributed by atoms with Crippen molar-refractivity contribution in [3.8, 4) is 11.4 Å². The number of carbonyl (C=O) groups is 2. The number of aliphatic imine (C=N–C) groups is 1. The summed E-state index contributed by atoms with van der Waals surface area (Å²) in [7, 11) is 3.00. The summed E-state index contributed by atoms with van der Waals surface area (Å²) in [6.45, 7) is 8.58. The summed E-state index contributed by atoms with van der Waals surface area (Å²) in [5.41, 5.74) is -0.437. The van der Waals surface area contributed by atoms with Crippen molar-refractivity contribution in [1.82, 2.24) is 19.8 Å². The highest BCUT2D eigenvalue weighted by Gasteiger charge is 2.40. The van der Waals surface area contributed by atoms with Gasteiger partial charge in [-0.15, -0.1) is 0 Å². The van der Waals surface area contributed by atoms with E-state index in [-0.39, 0.29) is 29.5 Å². The average Bonchev–Trinajstić information content (AvgIpc) is 3.09. The zero-order valence-corrected chi connectivity index (χ0v) is 22.5. The van der Waals surface area contributed by atoms with Gasteiger partial charge in [-0.05, 0) is 46.8 Å². The number of ether oxygens (including phenoxy) is 2. The second-order valence-corrected chi connectivity index (χ2v) is 10.5. The molecule has 1 N–H and O–H groups in total. The van der Waals surface area contributed by atoms with Crippen LogP contribution < -0.4 is 10.1 Å². The predicted octanol–water partition coefficient (Wildman–Crippen LogP) is 5.09. The number of benzene rings is 2. The molecule has 0 unspecified atom stereocenters. The normalized spacial score (nSPS) is 18.1. The smallest absolute Gasteiger partial charge is 0.414 e. The van der Waals surface area contributed by atoms with E-state index in [0.717, 1.165) is 0 Å². The van der Waals surface area contributed by atoms with Crippen molar-refractivity contribution in [2.75, 3.05) is 14.2 Å². The van der Waals surface area contributed by atoms with Crippen LogP contribution in [0, 0.1) is 12.7 Å². The zero-order valence-electron chi connectivity index (χ0n) is 21.8. The van der Waals surface area contributed by atoms with Crippen molar-refractivity contribution in [3.63, 3.8) is 0 Å². The van der Waals surface area contributed by atoms with Gasteiger partial charge in [0.25, 0.3) is 0 Å². The fraction of sp³-hybridized carbons (Fsp3) is 0.385. The molecule has 0 fully saturated rings. The lowest BCUT2D eigenvalue weighted by Gasteiger charge is -2.35. The molecule has 2 aromatic carbocycles. The number of alkyl carbamates (subject to hydrolysis) is 1. The summed E-state index contributed by atoms with van der Waals surface area (Å²) in [6.07, 6.45) is -0.868. The third kappa shape index (κ3) is 4.98. The van der Waals surface area contributed by atoms with E-state index in [9.17, 15) is 9.59 Å². The third-order valence-electron chi connectivity index (χ3n) is 6.05. The monoisotopic (exact) mass is 529 g/mol. The van der Waals surface area contributed by atoms with Crippen LogP contribution in [-0.2, 0) is 15.1 Å². The minimum atomic E-state index is -1.29. The van der Waals surface area contributed by atoms with Gasteiger partial charge in [0, 0.05) is 18.7 Å². The van der Waals surface area contributed by atoms with E-state index < -0.39 is 23.1 Å². The summed E-state index contributed by atoms with van der Waals surface area (Å²) >= 11 is 6.35. The van der Waals surface area contributed by atoms with Crippen molar-refractivity contribution in [3.05, 3.63) is 52.6 Å². The number of halogens is 2. The molecule has 1 aliphatic rings. The molecular weight excluding hydrogens is 501 g/mol. The Balaban J connectivity index is 1.81. The van der Waals surface area contributed by atoms with Crippen LogP contribution in [-0.4, -0.2) is 52.2 Å². The van der Waals surface area contributed by atoms with Crippen LogP contribution in [0.5, 0.6) is 5.75 Å². The standard InChI is InChI=1S/C26H29ClFN5O4/c1-14-29-17-12-20(36-7)16(27)11-19(17)33(14)18-10-8-9-15(22(18)28)26(5)13-21(34)32(6)23(31-26)30-24(35)37-25(2,3)4/h8-12H,13H2,1-7H3,(H,30,31,35)/t26-/m0/s1. The molecule has 196 valence electrons. The summed E-state index contributed by atoms with van der Waals surface area (Å²) in [6, 6.07) is 8.25. The number of rotatable bonds is 3. The molecule has 0 saturated carbocycles. The fourth-order valence-electron chi connectivity index (χ4n) is 4.31. The van der Waals surface area contributed by atoms with Crippen molar-refractivity contribution >= 4 is 40.6 Å². The second kappa shape index (κ2) is 9.33. The Bertz CT molecular complexity index is 1440. The van der Waals surface area contributed by atoms with Crippen LogP contribution in [0.2, 0.25) is 5.02 Å². The van der Waals surface area contributed by atoms with Crippen LogP contribution in [0.4, 0.5) is 9.18 Å². The Morgan fingerprint density at radius 3 is 2.62 bits per heavy atom. The first-order chi connectivity index (χ1) is 17.2. The molecule has 0 spiro atoms. The molecule has 37 heavy (non-hydrogen) atoms. The summed E-state index contributed by atoms with van der Waals surface area (Å²) in [5, 5.41) is 2.89. The quantitative estimate of drug-likeness (QED) is 0.509. The molecule has 1 atom stereocenters. The van der Waals surface area contributed by atoms with Gasteiger partial charge in [0.15, 0.2) is 5.82 Å². The number of methoxy groups -OCH3 is 1. The number of hydrogen-bond donors (Lipinski definition) is 1. The van der Waals surface area contributed by atoms with Gasteiger partial charge >= 0.3 is 6.09 Å². The molecule has 0 radical (unpaired) electrons. The fourth-order valence-corrected chi connectivity index (χ4v) is 4.55. The van der Waals surface area contributed by atoms with E-state index >= 15 is 4.39 Å². The van der Waals surface area contributed by atoms with E-state index in [0.29, 0.717) is 27.6 Å². The summed E-state index contributed by atoms with van der Waals surface area (Å²) < 4.78 is 28.5. The lowest BCUT2D eigenvalue weighted by atomic mass is 9.86. The van der Waals surface area contributed by atoms with Crippen molar-refractivity contribution in [2.24, 2.45) is 4.99 Å². The van der Waals surface area contributed by atoms with Gasteiger partial charge in [0.1, 0.15) is 17.2 Å². The Labute approximate surface area is 219 Å². The zero-order chi connectivity index (χ0) is 27.3. The van der Waals surface area contributed by atoms with Gasteiger partial charge in [0.2, 0.25) is 11.9 Å². The molecule has 2 amide bonds. The number of aryl methyl sites for hydroxylation is 1. The molecule has 11 heteroatoms. The highest BCUT2D eigenvalue weighted by molar-refractivity contribution is 6.32. The number of carbonyl (C=O) groups excluding carboxylic acids is 2. The average molecular weight is 530 g/mol. The molecule has 0 aliphatic carbocycles. The molecule has 1 aromatic heterocycles. The maximum absolute atomic E-state index is 16.2. The molecule has 0 saturated heterocycles. The Morgan fingerprint density at radius 2 is 1.97 bits per heavy atom. The second-order valence-electron chi connectivity index (χ2n) is 10.1. The van der Waals surface area contributed by atoms with Gasteiger partial charge < -0.3 is 9.47 Å². The van der Waals surface area contributed by atoms with Crippen LogP contribution in [0.3, 0.4) is 0 Å². The lowest BCUT2D eigenvalue weighted by molar-refractivity contribution is -0.128. The lowest BCUT2D eigenvalue weighted by Crippen LogP contribution is -2.52. The molecule has 1 aliphatic heterocycles. The van der Waals surface area contributed by atoms with E-state index in [1.165, 1.54) is 19.1 Å². The largest absolute Gasteiger partial charge is 0.495 e.